The molecule has 7 nitrogen and oxygen atoms in total. The lowest BCUT2D eigenvalue weighted by Crippen LogP contribution is -2.35. The first-order valence-corrected chi connectivity index (χ1v) is 11.6. The Bertz CT molecular complexity index is 1070. The fourth-order valence-electron chi connectivity index (χ4n) is 3.21. The molecule has 3 rings (SSSR count). The molecule has 0 saturated carbocycles. The highest BCUT2D eigenvalue weighted by Crippen LogP contribution is 2.33. The molecule has 1 atom stereocenters. The fourth-order valence-corrected chi connectivity index (χ4v) is 3.66. The van der Waals surface area contributed by atoms with Crippen molar-refractivity contribution in [3.8, 4) is 0 Å². The average Bonchev–Trinajstić information content (AvgIpc) is 3.16. The summed E-state index contributed by atoms with van der Waals surface area (Å²) in [4.78, 5) is 20.8. The number of amides is 1. The molecule has 1 N–H and O–H groups in total. The Balaban J connectivity index is 2.27. The molecule has 0 aliphatic heterocycles. The first-order valence-electron chi connectivity index (χ1n) is 10.4. The number of hydrogen-bond donors (Lipinski definition) is 1. The SMILES string of the molecule is CCC(C)c1cnn2c(N(C(=O)OC(C)(C)C)c3cccc(SC)c3)cc(NC)nc12. The van der Waals surface area contributed by atoms with Gasteiger partial charge in [-0.05, 0) is 57.6 Å². The van der Waals surface area contributed by atoms with Gasteiger partial charge in [-0.15, -0.1) is 11.8 Å². The van der Waals surface area contributed by atoms with E-state index in [0.29, 0.717) is 23.2 Å². The summed E-state index contributed by atoms with van der Waals surface area (Å²) in [5.74, 6) is 1.51. The number of rotatable bonds is 6. The highest BCUT2D eigenvalue weighted by Gasteiger charge is 2.28. The largest absolute Gasteiger partial charge is 0.443 e. The molecule has 1 aromatic carbocycles. The summed E-state index contributed by atoms with van der Waals surface area (Å²) in [7, 11) is 1.81. The van der Waals surface area contributed by atoms with Crippen LogP contribution in [0.4, 0.5) is 22.1 Å². The summed E-state index contributed by atoms with van der Waals surface area (Å²) < 4.78 is 7.50. The molecule has 0 bridgehead atoms. The molecule has 2 heterocycles. The third-order valence-electron chi connectivity index (χ3n) is 5.00. The Hall–Kier alpha value is -2.74. The number of nitrogens with zero attached hydrogens (tertiary/aromatic N) is 4. The van der Waals surface area contributed by atoms with Gasteiger partial charge in [0, 0.05) is 23.6 Å². The van der Waals surface area contributed by atoms with Crippen LogP contribution in [0.2, 0.25) is 0 Å². The number of benzene rings is 1. The quantitative estimate of drug-likeness (QED) is 0.467. The van der Waals surface area contributed by atoms with E-state index in [0.717, 1.165) is 22.5 Å². The van der Waals surface area contributed by atoms with E-state index in [1.54, 1.807) is 21.2 Å². The van der Waals surface area contributed by atoms with Gasteiger partial charge in [-0.1, -0.05) is 19.9 Å². The number of fused-ring (bicyclic) bond motifs is 1. The summed E-state index contributed by atoms with van der Waals surface area (Å²) >= 11 is 1.62. The predicted octanol–water partition coefficient (Wildman–Crippen LogP) is 6.08. The molecule has 1 amide bonds. The maximum atomic E-state index is 13.4. The van der Waals surface area contributed by atoms with Crippen molar-refractivity contribution in [1.29, 1.82) is 0 Å². The fraction of sp³-hybridized carbons (Fsp3) is 0.435. The van der Waals surface area contributed by atoms with Crippen LogP contribution in [0.1, 0.15) is 52.5 Å². The minimum Gasteiger partial charge on any atom is -0.443 e. The molecule has 0 radical (unpaired) electrons. The van der Waals surface area contributed by atoms with Crippen molar-refractivity contribution < 1.29 is 9.53 Å². The molecule has 0 aliphatic carbocycles. The number of thioether (sulfide) groups is 1. The first kappa shape index (κ1) is 22.9. The summed E-state index contributed by atoms with van der Waals surface area (Å²) in [5, 5.41) is 7.72. The molecule has 8 heteroatoms. The van der Waals surface area contributed by atoms with E-state index in [1.807, 2.05) is 70.6 Å². The second-order valence-corrected chi connectivity index (χ2v) is 9.29. The molecule has 2 aromatic heterocycles. The standard InChI is InChI=1S/C23H31N5O2S/c1-8-15(2)18-14-25-28-20(13-19(24-6)26-21(18)28)27(22(29)30-23(3,4)5)16-10-9-11-17(12-16)31-7/h9-15H,8H2,1-7H3,(H,24,26). The minimum absolute atomic E-state index is 0.291. The molecule has 3 aromatic rings. The molecule has 31 heavy (non-hydrogen) atoms. The lowest BCUT2D eigenvalue weighted by atomic mass is 10.0. The zero-order valence-electron chi connectivity index (χ0n) is 19.3. The van der Waals surface area contributed by atoms with E-state index in [9.17, 15) is 4.79 Å². The van der Waals surface area contributed by atoms with Crippen molar-refractivity contribution in [2.75, 3.05) is 23.5 Å². The van der Waals surface area contributed by atoms with E-state index >= 15 is 0 Å². The number of carbonyl (C=O) groups is 1. The van der Waals surface area contributed by atoms with Crippen molar-refractivity contribution >= 4 is 40.8 Å². The summed E-state index contributed by atoms with van der Waals surface area (Å²) in [6.07, 6.45) is 4.34. The third kappa shape index (κ3) is 4.95. The Kier molecular flexibility index (Phi) is 6.79. The molecule has 1 unspecified atom stereocenters. The van der Waals surface area contributed by atoms with Crippen LogP contribution in [-0.2, 0) is 4.74 Å². The van der Waals surface area contributed by atoms with Crippen LogP contribution in [0.5, 0.6) is 0 Å². The van der Waals surface area contributed by atoms with Gasteiger partial charge in [-0.2, -0.15) is 9.61 Å². The number of anilines is 3. The van der Waals surface area contributed by atoms with Gasteiger partial charge in [0.25, 0.3) is 0 Å². The van der Waals surface area contributed by atoms with Gasteiger partial charge in [0.05, 0.1) is 11.9 Å². The highest BCUT2D eigenvalue weighted by molar-refractivity contribution is 7.98. The van der Waals surface area contributed by atoms with Crippen molar-refractivity contribution in [1.82, 2.24) is 14.6 Å². The molecule has 166 valence electrons. The Labute approximate surface area is 188 Å². The van der Waals surface area contributed by atoms with Crippen LogP contribution in [0.25, 0.3) is 5.65 Å². The monoisotopic (exact) mass is 441 g/mol. The second-order valence-electron chi connectivity index (χ2n) is 8.41. The Morgan fingerprint density at radius 3 is 2.68 bits per heavy atom. The van der Waals surface area contributed by atoms with Crippen LogP contribution in [-0.4, -0.2) is 39.6 Å². The number of nitrogens with one attached hydrogen (secondary N) is 1. The van der Waals surface area contributed by atoms with Crippen molar-refractivity contribution in [3.05, 3.63) is 42.1 Å². The van der Waals surface area contributed by atoms with Gasteiger partial charge in [-0.3, -0.25) is 0 Å². The third-order valence-corrected chi connectivity index (χ3v) is 5.72. The van der Waals surface area contributed by atoms with Crippen LogP contribution < -0.4 is 10.2 Å². The van der Waals surface area contributed by atoms with Gasteiger partial charge in [0.2, 0.25) is 0 Å². The van der Waals surface area contributed by atoms with Crippen molar-refractivity contribution in [2.24, 2.45) is 0 Å². The minimum atomic E-state index is -0.642. The molecular formula is C23H31N5O2S. The van der Waals surface area contributed by atoms with Gasteiger partial charge >= 0.3 is 6.09 Å². The summed E-state index contributed by atoms with van der Waals surface area (Å²) in [6, 6.07) is 9.63. The topological polar surface area (TPSA) is 71.8 Å². The van der Waals surface area contributed by atoms with Crippen LogP contribution in [0.3, 0.4) is 0 Å². The smallest absolute Gasteiger partial charge is 0.420 e. The van der Waals surface area contributed by atoms with Gasteiger partial charge < -0.3 is 10.1 Å². The molecular weight excluding hydrogens is 410 g/mol. The van der Waals surface area contributed by atoms with Gasteiger partial charge in [0.1, 0.15) is 17.2 Å². The molecule has 0 saturated heterocycles. The average molecular weight is 442 g/mol. The number of hydrogen-bond acceptors (Lipinski definition) is 6. The summed E-state index contributed by atoms with van der Waals surface area (Å²) in [5.41, 5.74) is 1.83. The molecule has 0 spiro atoms. The second kappa shape index (κ2) is 9.18. The lowest BCUT2D eigenvalue weighted by molar-refractivity contribution is 0.0597. The summed E-state index contributed by atoms with van der Waals surface area (Å²) in [6.45, 7) is 9.86. The zero-order chi connectivity index (χ0) is 22.8. The lowest BCUT2D eigenvalue weighted by Gasteiger charge is -2.28. The van der Waals surface area contributed by atoms with Crippen molar-refractivity contribution in [2.45, 2.75) is 57.5 Å². The molecule has 0 fully saturated rings. The predicted molar refractivity (Wildman–Crippen MR) is 128 cm³/mol. The Morgan fingerprint density at radius 1 is 1.32 bits per heavy atom. The number of aromatic nitrogens is 3. The van der Waals surface area contributed by atoms with Crippen LogP contribution in [0, 0.1) is 0 Å². The van der Waals surface area contributed by atoms with Gasteiger partial charge in [-0.25, -0.2) is 14.7 Å². The molecule has 0 aliphatic rings. The zero-order valence-corrected chi connectivity index (χ0v) is 20.1. The number of ether oxygens (including phenoxy) is 1. The normalized spacial score (nSPS) is 12.6. The van der Waals surface area contributed by atoms with Crippen LogP contribution >= 0.6 is 11.8 Å². The van der Waals surface area contributed by atoms with Crippen molar-refractivity contribution in [3.63, 3.8) is 0 Å². The Morgan fingerprint density at radius 2 is 2.06 bits per heavy atom. The van der Waals surface area contributed by atoms with E-state index in [2.05, 4.69) is 24.3 Å². The van der Waals surface area contributed by atoms with E-state index in [-0.39, 0.29) is 0 Å². The maximum absolute atomic E-state index is 13.4. The number of carbonyl (C=O) groups excluding carboxylic acids is 1. The van der Waals surface area contributed by atoms with E-state index in [4.69, 9.17) is 9.72 Å². The van der Waals surface area contributed by atoms with E-state index < -0.39 is 11.7 Å². The highest BCUT2D eigenvalue weighted by atomic mass is 32.2. The van der Waals surface area contributed by atoms with E-state index in [1.165, 1.54) is 0 Å². The van der Waals surface area contributed by atoms with Crippen LogP contribution in [0.15, 0.2) is 41.4 Å². The first-order chi connectivity index (χ1) is 14.7. The maximum Gasteiger partial charge on any atom is 0.420 e. The van der Waals surface area contributed by atoms with Gasteiger partial charge in [0.15, 0.2) is 5.65 Å².